The monoisotopic (exact) mass is 379 g/mol. The van der Waals surface area contributed by atoms with Gasteiger partial charge in [-0.05, 0) is 51.3 Å². The van der Waals surface area contributed by atoms with Crippen LogP contribution in [0.4, 0.5) is 4.79 Å². The standard InChI is InChI=1S/C18H25N3O4S/c1-18(2,3)25-17(22)20-16-5-4-10-21(12-16)26(23,24)13-15-8-6-14(11-19)7-9-15/h6-9,16H,4-5,10,12-13H2,1-3H3,(H,20,22)/t16-/m1/s1. The SMILES string of the molecule is CC(C)(C)OC(=O)N[C@@H]1CCCN(S(=O)(=O)Cc2ccc(C#N)cc2)C1. The quantitative estimate of drug-likeness (QED) is 0.866. The molecule has 1 aliphatic rings. The molecule has 0 aliphatic carbocycles. The minimum absolute atomic E-state index is 0.127. The summed E-state index contributed by atoms with van der Waals surface area (Å²) in [5.41, 5.74) is 0.525. The van der Waals surface area contributed by atoms with Crippen molar-refractivity contribution in [1.29, 1.82) is 5.26 Å². The van der Waals surface area contributed by atoms with Crippen molar-refractivity contribution in [3.05, 3.63) is 35.4 Å². The second kappa shape index (κ2) is 8.06. The van der Waals surface area contributed by atoms with Gasteiger partial charge in [0.05, 0.1) is 17.4 Å². The number of ether oxygens (including phenoxy) is 1. The maximum absolute atomic E-state index is 12.7. The zero-order valence-electron chi connectivity index (χ0n) is 15.4. The fourth-order valence-corrected chi connectivity index (χ4v) is 4.38. The lowest BCUT2D eigenvalue weighted by atomic mass is 10.1. The molecule has 0 radical (unpaired) electrons. The van der Waals surface area contributed by atoms with Crippen molar-refractivity contribution in [2.75, 3.05) is 13.1 Å². The first-order valence-electron chi connectivity index (χ1n) is 8.55. The first-order chi connectivity index (χ1) is 12.1. The summed E-state index contributed by atoms with van der Waals surface area (Å²) in [6.45, 7) is 6.01. The summed E-state index contributed by atoms with van der Waals surface area (Å²) in [4.78, 5) is 11.9. The van der Waals surface area contributed by atoms with E-state index in [-0.39, 0.29) is 18.3 Å². The van der Waals surface area contributed by atoms with Crippen LogP contribution < -0.4 is 5.32 Å². The Morgan fingerprint density at radius 1 is 1.35 bits per heavy atom. The van der Waals surface area contributed by atoms with Gasteiger partial charge < -0.3 is 10.1 Å². The van der Waals surface area contributed by atoms with Crippen molar-refractivity contribution in [1.82, 2.24) is 9.62 Å². The molecule has 142 valence electrons. The number of hydrogen-bond donors (Lipinski definition) is 1. The zero-order valence-corrected chi connectivity index (χ0v) is 16.2. The van der Waals surface area contributed by atoms with Crippen LogP contribution in [0.5, 0.6) is 0 Å². The Kier molecular flexibility index (Phi) is 6.26. The van der Waals surface area contributed by atoms with Crippen molar-refractivity contribution in [2.45, 2.75) is 51.0 Å². The van der Waals surface area contributed by atoms with E-state index in [1.807, 2.05) is 6.07 Å². The summed E-state index contributed by atoms with van der Waals surface area (Å²) in [5, 5.41) is 11.6. The summed E-state index contributed by atoms with van der Waals surface area (Å²) in [7, 11) is -3.50. The second-order valence-electron chi connectivity index (χ2n) is 7.41. The van der Waals surface area contributed by atoms with Gasteiger partial charge in [0.15, 0.2) is 0 Å². The lowest BCUT2D eigenvalue weighted by molar-refractivity contribution is 0.0487. The molecule has 0 spiro atoms. The van der Waals surface area contributed by atoms with Crippen molar-refractivity contribution in [2.24, 2.45) is 0 Å². The molecule has 1 aliphatic heterocycles. The van der Waals surface area contributed by atoms with Gasteiger partial charge >= 0.3 is 6.09 Å². The molecule has 1 saturated heterocycles. The number of carbonyl (C=O) groups excluding carboxylic acids is 1. The van der Waals surface area contributed by atoms with Gasteiger partial charge in [0.1, 0.15) is 5.60 Å². The van der Waals surface area contributed by atoms with Crippen LogP contribution in [0.1, 0.15) is 44.7 Å². The molecule has 1 atom stereocenters. The van der Waals surface area contributed by atoms with E-state index in [1.54, 1.807) is 45.0 Å². The van der Waals surface area contributed by atoms with Crippen LogP contribution in [-0.4, -0.2) is 43.5 Å². The maximum atomic E-state index is 12.7. The number of nitrogens with zero attached hydrogens (tertiary/aromatic N) is 2. The fourth-order valence-electron chi connectivity index (χ4n) is 2.76. The largest absolute Gasteiger partial charge is 0.444 e. The molecule has 0 unspecified atom stereocenters. The molecule has 0 aromatic heterocycles. The molecule has 7 nitrogen and oxygen atoms in total. The van der Waals surface area contributed by atoms with Gasteiger partial charge in [0, 0.05) is 19.1 Å². The number of rotatable bonds is 4. The van der Waals surface area contributed by atoms with Crippen molar-refractivity contribution < 1.29 is 17.9 Å². The van der Waals surface area contributed by atoms with Gasteiger partial charge in [-0.1, -0.05) is 12.1 Å². The number of hydrogen-bond acceptors (Lipinski definition) is 5. The number of sulfonamides is 1. The Bertz CT molecular complexity index is 776. The molecule has 1 heterocycles. The minimum Gasteiger partial charge on any atom is -0.444 e. The number of amides is 1. The Hall–Kier alpha value is -2.11. The Balaban J connectivity index is 1.98. The molecule has 1 aromatic carbocycles. The van der Waals surface area contributed by atoms with E-state index in [1.165, 1.54) is 4.31 Å². The number of alkyl carbamates (subject to hydrolysis) is 1. The molecule has 1 N–H and O–H groups in total. The molecule has 2 rings (SSSR count). The van der Waals surface area contributed by atoms with E-state index in [9.17, 15) is 13.2 Å². The number of carbonyl (C=O) groups is 1. The Labute approximate surface area is 155 Å². The maximum Gasteiger partial charge on any atom is 0.407 e. The van der Waals surface area contributed by atoms with E-state index in [0.29, 0.717) is 30.5 Å². The molecule has 0 bridgehead atoms. The van der Waals surface area contributed by atoms with Gasteiger partial charge in [-0.2, -0.15) is 9.57 Å². The molecule has 8 heteroatoms. The van der Waals surface area contributed by atoms with Crippen LogP contribution in [0.2, 0.25) is 0 Å². The molecule has 26 heavy (non-hydrogen) atoms. The van der Waals surface area contributed by atoms with Gasteiger partial charge in [0.2, 0.25) is 10.0 Å². The van der Waals surface area contributed by atoms with Gasteiger partial charge in [-0.25, -0.2) is 13.2 Å². The zero-order chi connectivity index (χ0) is 19.4. The molecular formula is C18H25N3O4S. The van der Waals surface area contributed by atoms with E-state index >= 15 is 0 Å². The normalized spacial score (nSPS) is 18.8. The van der Waals surface area contributed by atoms with Crippen molar-refractivity contribution in [3.63, 3.8) is 0 Å². The molecule has 1 aromatic rings. The van der Waals surface area contributed by atoms with Crippen LogP contribution in [-0.2, 0) is 20.5 Å². The lowest BCUT2D eigenvalue weighted by Gasteiger charge is -2.32. The minimum atomic E-state index is -3.50. The van der Waals surface area contributed by atoms with E-state index < -0.39 is 21.7 Å². The van der Waals surface area contributed by atoms with Gasteiger partial charge in [-0.3, -0.25) is 0 Å². The number of nitrogens with one attached hydrogen (secondary N) is 1. The van der Waals surface area contributed by atoms with E-state index in [0.717, 1.165) is 0 Å². The number of benzene rings is 1. The molecule has 1 amide bonds. The summed E-state index contributed by atoms with van der Waals surface area (Å²) >= 11 is 0. The van der Waals surface area contributed by atoms with Crippen LogP contribution in [0.15, 0.2) is 24.3 Å². The van der Waals surface area contributed by atoms with Crippen molar-refractivity contribution >= 4 is 16.1 Å². The van der Waals surface area contributed by atoms with Crippen LogP contribution in [0, 0.1) is 11.3 Å². The third kappa shape index (κ3) is 6.00. The molecule has 0 saturated carbocycles. The van der Waals surface area contributed by atoms with Gasteiger partial charge in [0.25, 0.3) is 0 Å². The highest BCUT2D eigenvalue weighted by Gasteiger charge is 2.30. The van der Waals surface area contributed by atoms with E-state index in [4.69, 9.17) is 10.00 Å². The number of nitriles is 1. The second-order valence-corrected chi connectivity index (χ2v) is 9.38. The highest BCUT2D eigenvalue weighted by Crippen LogP contribution is 2.18. The highest BCUT2D eigenvalue weighted by molar-refractivity contribution is 7.88. The smallest absolute Gasteiger partial charge is 0.407 e. The summed E-state index contributed by atoms with van der Waals surface area (Å²) in [6.07, 6.45) is 0.851. The first-order valence-corrected chi connectivity index (χ1v) is 10.2. The lowest BCUT2D eigenvalue weighted by Crippen LogP contribution is -2.50. The average molecular weight is 379 g/mol. The summed E-state index contributed by atoms with van der Waals surface area (Å²) in [5.74, 6) is -0.127. The summed E-state index contributed by atoms with van der Waals surface area (Å²) in [6, 6.07) is 8.25. The Morgan fingerprint density at radius 3 is 2.58 bits per heavy atom. The average Bonchev–Trinajstić information content (AvgIpc) is 2.53. The Morgan fingerprint density at radius 2 is 2.00 bits per heavy atom. The summed E-state index contributed by atoms with van der Waals surface area (Å²) < 4.78 is 32.0. The predicted octanol–water partition coefficient (Wildman–Crippen LogP) is 2.38. The van der Waals surface area contributed by atoms with E-state index in [2.05, 4.69) is 5.32 Å². The molecular weight excluding hydrogens is 354 g/mol. The first kappa shape index (κ1) is 20.2. The third-order valence-electron chi connectivity index (χ3n) is 3.93. The number of piperidine rings is 1. The van der Waals surface area contributed by atoms with Crippen molar-refractivity contribution in [3.8, 4) is 6.07 Å². The highest BCUT2D eigenvalue weighted by atomic mass is 32.2. The van der Waals surface area contributed by atoms with Crippen LogP contribution >= 0.6 is 0 Å². The van der Waals surface area contributed by atoms with Gasteiger partial charge in [-0.15, -0.1) is 0 Å². The molecule has 1 fully saturated rings. The topological polar surface area (TPSA) is 99.5 Å². The van der Waals surface area contributed by atoms with Crippen LogP contribution in [0.3, 0.4) is 0 Å². The van der Waals surface area contributed by atoms with Crippen LogP contribution in [0.25, 0.3) is 0 Å². The fraction of sp³-hybridized carbons (Fsp3) is 0.556. The third-order valence-corrected chi connectivity index (χ3v) is 5.75. The predicted molar refractivity (Wildman–Crippen MR) is 97.7 cm³/mol.